The summed E-state index contributed by atoms with van der Waals surface area (Å²) in [5.74, 6) is 1.19. The number of primary amides is 1. The molecule has 1 aliphatic heterocycles. The summed E-state index contributed by atoms with van der Waals surface area (Å²) in [4.78, 5) is 26.0. The van der Waals surface area contributed by atoms with Crippen molar-refractivity contribution in [2.24, 2.45) is 5.73 Å². The summed E-state index contributed by atoms with van der Waals surface area (Å²) in [6.45, 7) is 3.27. The van der Waals surface area contributed by atoms with E-state index in [4.69, 9.17) is 10.2 Å². The summed E-state index contributed by atoms with van der Waals surface area (Å²) in [6.07, 6.45) is 0.844. The number of rotatable bonds is 5. The van der Waals surface area contributed by atoms with Crippen molar-refractivity contribution in [3.63, 3.8) is 0 Å². The number of fused-ring (bicyclic) bond motifs is 1. The van der Waals surface area contributed by atoms with Crippen LogP contribution in [-0.4, -0.2) is 29.3 Å². The molecule has 2 amide bonds. The number of nitrogens with two attached hydrogens (primary N) is 1. The number of anilines is 1. The maximum Gasteiger partial charge on any atom is 0.248 e. The highest BCUT2D eigenvalue weighted by Gasteiger charge is 2.28. The molecule has 29 heavy (non-hydrogen) atoms. The van der Waals surface area contributed by atoms with E-state index >= 15 is 0 Å². The van der Waals surface area contributed by atoms with Gasteiger partial charge in [0.05, 0.1) is 12.6 Å². The molecule has 6 nitrogen and oxygen atoms in total. The average Bonchev–Trinajstić information content (AvgIpc) is 3.17. The molecule has 0 aliphatic carbocycles. The number of nitrogens with one attached hydrogen (secondary N) is 1. The van der Waals surface area contributed by atoms with E-state index in [1.807, 2.05) is 37.3 Å². The third-order valence-electron chi connectivity index (χ3n) is 5.33. The molecular formula is C23H23N3O3. The lowest BCUT2D eigenvalue weighted by Gasteiger charge is -2.30. The van der Waals surface area contributed by atoms with E-state index in [0.717, 1.165) is 30.0 Å². The maximum absolute atomic E-state index is 12.7. The van der Waals surface area contributed by atoms with Gasteiger partial charge in [-0.2, -0.15) is 0 Å². The van der Waals surface area contributed by atoms with Crippen LogP contribution in [0.2, 0.25) is 0 Å². The van der Waals surface area contributed by atoms with Crippen LogP contribution in [0.5, 0.6) is 0 Å². The molecule has 3 aromatic rings. The molecule has 0 saturated carbocycles. The number of furan rings is 1. The zero-order chi connectivity index (χ0) is 20.4. The Hall–Kier alpha value is -3.38. The van der Waals surface area contributed by atoms with Gasteiger partial charge in [0.25, 0.3) is 0 Å². The summed E-state index contributed by atoms with van der Waals surface area (Å²) < 4.78 is 6.09. The molecule has 0 radical (unpaired) electrons. The Bertz CT molecular complexity index is 1030. The normalized spacial score (nSPS) is 14.8. The van der Waals surface area contributed by atoms with Gasteiger partial charge >= 0.3 is 0 Å². The first-order valence-electron chi connectivity index (χ1n) is 9.63. The summed E-state index contributed by atoms with van der Waals surface area (Å²) in [5, 5.41) is 2.90. The Labute approximate surface area is 169 Å². The van der Waals surface area contributed by atoms with Crippen LogP contribution in [0.1, 0.15) is 28.6 Å². The van der Waals surface area contributed by atoms with Crippen molar-refractivity contribution < 1.29 is 14.0 Å². The van der Waals surface area contributed by atoms with Crippen LogP contribution >= 0.6 is 0 Å². The van der Waals surface area contributed by atoms with Gasteiger partial charge in [-0.3, -0.25) is 14.5 Å². The van der Waals surface area contributed by atoms with Crippen molar-refractivity contribution in [2.75, 3.05) is 11.9 Å². The molecule has 0 bridgehead atoms. The Kier molecular flexibility index (Phi) is 5.18. The van der Waals surface area contributed by atoms with Gasteiger partial charge in [0, 0.05) is 23.4 Å². The van der Waals surface area contributed by atoms with Gasteiger partial charge in [-0.15, -0.1) is 0 Å². The molecule has 3 N–H and O–H groups in total. The van der Waals surface area contributed by atoms with Crippen LogP contribution in [0.3, 0.4) is 0 Å². The summed E-state index contributed by atoms with van der Waals surface area (Å²) in [6, 6.07) is 18.4. The Morgan fingerprint density at radius 3 is 2.52 bits per heavy atom. The number of nitrogens with zero attached hydrogens (tertiary/aromatic N) is 1. The van der Waals surface area contributed by atoms with Crippen molar-refractivity contribution in [3.8, 4) is 11.3 Å². The first kappa shape index (κ1) is 19.0. The van der Waals surface area contributed by atoms with Gasteiger partial charge in [0.2, 0.25) is 11.8 Å². The van der Waals surface area contributed by atoms with Gasteiger partial charge < -0.3 is 15.5 Å². The first-order chi connectivity index (χ1) is 14.0. The quantitative estimate of drug-likeness (QED) is 0.700. The van der Waals surface area contributed by atoms with Crippen LogP contribution in [0.4, 0.5) is 5.69 Å². The second-order valence-corrected chi connectivity index (χ2v) is 7.25. The number of carbonyl (C=O) groups is 2. The molecule has 1 unspecified atom stereocenters. The Morgan fingerprint density at radius 1 is 1.10 bits per heavy atom. The average molecular weight is 389 g/mol. The standard InChI is InChI=1S/C23H23N3O3/c1-15(23(28)25-19-9-7-17(8-10-19)22(24)27)26-12-11-18-13-20(29-21(18)14-26)16-5-3-2-4-6-16/h2-10,13,15H,11-12,14H2,1H3,(H2,24,27)(H,25,28). The minimum Gasteiger partial charge on any atom is -0.459 e. The number of hydrogen-bond donors (Lipinski definition) is 2. The smallest absolute Gasteiger partial charge is 0.248 e. The molecule has 1 aromatic heterocycles. The lowest BCUT2D eigenvalue weighted by Crippen LogP contribution is -2.44. The van der Waals surface area contributed by atoms with E-state index in [1.165, 1.54) is 5.56 Å². The monoisotopic (exact) mass is 389 g/mol. The van der Waals surface area contributed by atoms with Crippen LogP contribution in [-0.2, 0) is 17.8 Å². The molecule has 4 rings (SSSR count). The van der Waals surface area contributed by atoms with Gasteiger partial charge in [-0.25, -0.2) is 0 Å². The number of carbonyl (C=O) groups excluding carboxylic acids is 2. The third-order valence-corrected chi connectivity index (χ3v) is 5.33. The van der Waals surface area contributed by atoms with E-state index in [2.05, 4.69) is 16.3 Å². The second kappa shape index (κ2) is 7.93. The fraction of sp³-hybridized carbons (Fsp3) is 0.217. The van der Waals surface area contributed by atoms with Gasteiger partial charge in [-0.1, -0.05) is 30.3 Å². The van der Waals surface area contributed by atoms with Gasteiger partial charge in [0.15, 0.2) is 0 Å². The third kappa shape index (κ3) is 4.07. The zero-order valence-electron chi connectivity index (χ0n) is 16.2. The molecule has 0 saturated heterocycles. The fourth-order valence-electron chi connectivity index (χ4n) is 3.55. The lowest BCUT2D eigenvalue weighted by molar-refractivity contribution is -0.121. The molecule has 1 aliphatic rings. The van der Waals surface area contributed by atoms with Crippen molar-refractivity contribution in [1.82, 2.24) is 4.90 Å². The molecule has 2 aromatic carbocycles. The molecule has 1 atom stereocenters. The highest BCUT2D eigenvalue weighted by molar-refractivity contribution is 5.96. The summed E-state index contributed by atoms with van der Waals surface area (Å²) >= 11 is 0. The van der Waals surface area contributed by atoms with Crippen molar-refractivity contribution in [2.45, 2.75) is 25.9 Å². The van der Waals surface area contributed by atoms with Crippen molar-refractivity contribution >= 4 is 17.5 Å². The zero-order valence-corrected chi connectivity index (χ0v) is 16.2. The highest BCUT2D eigenvalue weighted by Crippen LogP contribution is 2.30. The molecular weight excluding hydrogens is 366 g/mol. The molecule has 148 valence electrons. The summed E-state index contributed by atoms with van der Waals surface area (Å²) in [5.41, 5.74) is 8.55. The minimum atomic E-state index is -0.492. The molecule has 2 heterocycles. The van der Waals surface area contributed by atoms with Crippen LogP contribution in [0, 0.1) is 0 Å². The first-order valence-corrected chi connectivity index (χ1v) is 9.63. The SMILES string of the molecule is CC(C(=O)Nc1ccc(C(N)=O)cc1)N1CCc2cc(-c3ccccc3)oc2C1. The van der Waals surface area contributed by atoms with E-state index < -0.39 is 5.91 Å². The fourth-order valence-corrected chi connectivity index (χ4v) is 3.55. The summed E-state index contributed by atoms with van der Waals surface area (Å²) in [7, 11) is 0. The number of amides is 2. The van der Waals surface area contributed by atoms with Gasteiger partial charge in [-0.05, 0) is 49.2 Å². The van der Waals surface area contributed by atoms with Crippen molar-refractivity contribution in [1.29, 1.82) is 0 Å². The van der Waals surface area contributed by atoms with E-state index in [-0.39, 0.29) is 11.9 Å². The van der Waals surface area contributed by atoms with E-state index in [9.17, 15) is 9.59 Å². The Balaban J connectivity index is 1.42. The lowest BCUT2D eigenvalue weighted by atomic mass is 10.0. The van der Waals surface area contributed by atoms with Crippen LogP contribution in [0.15, 0.2) is 65.1 Å². The van der Waals surface area contributed by atoms with E-state index in [0.29, 0.717) is 17.8 Å². The van der Waals surface area contributed by atoms with Crippen molar-refractivity contribution in [3.05, 3.63) is 77.6 Å². The predicted octanol–water partition coefficient (Wildman–Crippen LogP) is 3.43. The molecule has 6 heteroatoms. The van der Waals surface area contributed by atoms with E-state index in [1.54, 1.807) is 24.3 Å². The highest BCUT2D eigenvalue weighted by atomic mass is 16.3. The number of benzene rings is 2. The topological polar surface area (TPSA) is 88.6 Å². The minimum absolute atomic E-state index is 0.102. The molecule has 0 fully saturated rings. The number of hydrogen-bond acceptors (Lipinski definition) is 4. The second-order valence-electron chi connectivity index (χ2n) is 7.25. The van der Waals surface area contributed by atoms with Crippen LogP contribution < -0.4 is 11.1 Å². The Morgan fingerprint density at radius 2 is 1.83 bits per heavy atom. The predicted molar refractivity (Wildman–Crippen MR) is 111 cm³/mol. The maximum atomic E-state index is 12.7. The largest absolute Gasteiger partial charge is 0.459 e. The van der Waals surface area contributed by atoms with Gasteiger partial charge in [0.1, 0.15) is 11.5 Å². The van der Waals surface area contributed by atoms with Crippen LogP contribution in [0.25, 0.3) is 11.3 Å². The molecule has 0 spiro atoms.